The number of benzene rings is 2. The maximum Gasteiger partial charge on any atom is 0.244 e. The SMILES string of the molecule is Cc1ccc(/C=C/C(=O)N[C@H](C)c2ccc(N3CCC[C@@H](C)C3)cc2)cc1. The quantitative estimate of drug-likeness (QED) is 0.749. The second-order valence-electron chi connectivity index (χ2n) is 7.76. The van der Waals surface area contributed by atoms with Crippen molar-refractivity contribution < 1.29 is 4.79 Å². The van der Waals surface area contributed by atoms with Gasteiger partial charge in [0.2, 0.25) is 5.91 Å². The lowest BCUT2D eigenvalue weighted by atomic mass is 9.99. The van der Waals surface area contributed by atoms with E-state index in [9.17, 15) is 4.79 Å². The first kappa shape index (κ1) is 19.2. The molecule has 0 aromatic heterocycles. The summed E-state index contributed by atoms with van der Waals surface area (Å²) in [7, 11) is 0. The lowest BCUT2D eigenvalue weighted by molar-refractivity contribution is -0.117. The lowest BCUT2D eigenvalue weighted by Gasteiger charge is -2.33. The number of nitrogens with one attached hydrogen (secondary N) is 1. The monoisotopic (exact) mass is 362 g/mol. The summed E-state index contributed by atoms with van der Waals surface area (Å²) in [5, 5.41) is 3.04. The third-order valence-corrected chi connectivity index (χ3v) is 5.28. The fourth-order valence-electron chi connectivity index (χ4n) is 3.59. The van der Waals surface area contributed by atoms with Crippen LogP contribution in [0.1, 0.15) is 49.4 Å². The molecule has 0 bridgehead atoms. The van der Waals surface area contributed by atoms with Crippen LogP contribution in [0, 0.1) is 12.8 Å². The summed E-state index contributed by atoms with van der Waals surface area (Å²) in [6.45, 7) is 8.67. The number of hydrogen-bond acceptors (Lipinski definition) is 2. The summed E-state index contributed by atoms with van der Waals surface area (Å²) >= 11 is 0. The first-order chi connectivity index (χ1) is 13.0. The van der Waals surface area contributed by atoms with Gasteiger partial charge < -0.3 is 10.2 Å². The number of anilines is 1. The Morgan fingerprint density at radius 1 is 1.15 bits per heavy atom. The van der Waals surface area contributed by atoms with Crippen molar-refractivity contribution >= 4 is 17.7 Å². The van der Waals surface area contributed by atoms with Gasteiger partial charge in [-0.25, -0.2) is 0 Å². The average Bonchev–Trinajstić information content (AvgIpc) is 2.67. The van der Waals surface area contributed by atoms with Crippen LogP contribution in [0.2, 0.25) is 0 Å². The minimum Gasteiger partial charge on any atom is -0.371 e. The molecule has 0 radical (unpaired) electrons. The molecular formula is C24H30N2O. The number of hydrogen-bond donors (Lipinski definition) is 1. The maximum absolute atomic E-state index is 12.2. The molecule has 2 aromatic carbocycles. The summed E-state index contributed by atoms with van der Waals surface area (Å²) in [5.41, 5.74) is 4.65. The molecule has 0 saturated carbocycles. The summed E-state index contributed by atoms with van der Waals surface area (Å²) in [6, 6.07) is 16.7. The Kier molecular flexibility index (Phi) is 6.33. The molecule has 3 heteroatoms. The summed E-state index contributed by atoms with van der Waals surface area (Å²) < 4.78 is 0. The van der Waals surface area contributed by atoms with Crippen molar-refractivity contribution in [3.05, 3.63) is 71.3 Å². The maximum atomic E-state index is 12.2. The number of aryl methyl sites for hydroxylation is 1. The Balaban J connectivity index is 1.56. The number of carbonyl (C=O) groups excluding carboxylic acids is 1. The van der Waals surface area contributed by atoms with Crippen molar-refractivity contribution in [3.8, 4) is 0 Å². The van der Waals surface area contributed by atoms with Gasteiger partial charge in [0.1, 0.15) is 0 Å². The molecule has 3 rings (SSSR count). The van der Waals surface area contributed by atoms with E-state index in [1.165, 1.54) is 24.1 Å². The zero-order valence-corrected chi connectivity index (χ0v) is 16.6. The Labute approximate surface area is 163 Å². The molecule has 1 heterocycles. The Hall–Kier alpha value is -2.55. The molecule has 1 saturated heterocycles. The van der Waals surface area contributed by atoms with Crippen LogP contribution in [0.4, 0.5) is 5.69 Å². The van der Waals surface area contributed by atoms with Gasteiger partial charge in [-0.2, -0.15) is 0 Å². The molecule has 1 aliphatic rings. The first-order valence-corrected chi connectivity index (χ1v) is 9.91. The highest BCUT2D eigenvalue weighted by Gasteiger charge is 2.17. The molecule has 1 amide bonds. The predicted molar refractivity (Wildman–Crippen MR) is 114 cm³/mol. The zero-order chi connectivity index (χ0) is 19.2. The average molecular weight is 363 g/mol. The smallest absolute Gasteiger partial charge is 0.244 e. The third kappa shape index (κ3) is 5.46. The van der Waals surface area contributed by atoms with Gasteiger partial charge in [0, 0.05) is 24.9 Å². The summed E-state index contributed by atoms with van der Waals surface area (Å²) in [4.78, 5) is 14.7. The second kappa shape index (κ2) is 8.90. The molecule has 3 nitrogen and oxygen atoms in total. The van der Waals surface area contributed by atoms with Gasteiger partial charge in [0.05, 0.1) is 6.04 Å². The second-order valence-corrected chi connectivity index (χ2v) is 7.76. The van der Waals surface area contributed by atoms with Crippen molar-refractivity contribution in [2.24, 2.45) is 5.92 Å². The minimum atomic E-state index is -0.0722. The molecule has 142 valence electrons. The van der Waals surface area contributed by atoms with Gasteiger partial charge in [-0.05, 0) is 61.9 Å². The molecule has 1 fully saturated rings. The molecule has 0 spiro atoms. The Morgan fingerprint density at radius 2 is 1.85 bits per heavy atom. The fourth-order valence-corrected chi connectivity index (χ4v) is 3.59. The first-order valence-electron chi connectivity index (χ1n) is 9.91. The number of amides is 1. The van der Waals surface area contributed by atoms with Crippen molar-refractivity contribution in [1.82, 2.24) is 5.32 Å². The molecule has 2 aromatic rings. The normalized spacial score (nSPS) is 18.5. The molecule has 1 N–H and O–H groups in total. The van der Waals surface area contributed by atoms with Crippen molar-refractivity contribution in [3.63, 3.8) is 0 Å². The van der Waals surface area contributed by atoms with E-state index in [2.05, 4.69) is 48.3 Å². The molecule has 0 aliphatic carbocycles. The van der Waals surface area contributed by atoms with Gasteiger partial charge in [0.25, 0.3) is 0 Å². The van der Waals surface area contributed by atoms with E-state index in [4.69, 9.17) is 0 Å². The highest BCUT2D eigenvalue weighted by Crippen LogP contribution is 2.24. The van der Waals surface area contributed by atoms with Crippen LogP contribution in [0.3, 0.4) is 0 Å². The Bertz CT molecular complexity index is 777. The predicted octanol–water partition coefficient (Wildman–Crippen LogP) is 5.12. The zero-order valence-electron chi connectivity index (χ0n) is 16.6. The molecule has 2 atom stereocenters. The van der Waals surface area contributed by atoms with Gasteiger partial charge >= 0.3 is 0 Å². The van der Waals surface area contributed by atoms with E-state index in [-0.39, 0.29) is 11.9 Å². The standard InChI is InChI=1S/C24H30N2O/c1-18-6-8-21(9-7-18)10-15-24(27)25-20(3)22-11-13-23(14-12-22)26-16-4-5-19(2)17-26/h6-15,19-20H,4-5,16-17H2,1-3H3,(H,25,27)/b15-10+/t19-,20-/m1/s1. The van der Waals surface area contributed by atoms with Gasteiger partial charge in [-0.1, -0.05) is 48.9 Å². The highest BCUT2D eigenvalue weighted by atomic mass is 16.1. The fraction of sp³-hybridized carbons (Fsp3) is 0.375. The lowest BCUT2D eigenvalue weighted by Crippen LogP contribution is -2.34. The third-order valence-electron chi connectivity index (χ3n) is 5.28. The number of piperidine rings is 1. The Morgan fingerprint density at radius 3 is 2.52 bits per heavy atom. The molecule has 27 heavy (non-hydrogen) atoms. The van der Waals surface area contributed by atoms with E-state index in [0.29, 0.717) is 0 Å². The van der Waals surface area contributed by atoms with Crippen LogP contribution in [-0.2, 0) is 4.79 Å². The van der Waals surface area contributed by atoms with Gasteiger partial charge in [-0.3, -0.25) is 4.79 Å². The van der Waals surface area contributed by atoms with E-state index < -0.39 is 0 Å². The minimum absolute atomic E-state index is 0.0190. The van der Waals surface area contributed by atoms with Crippen LogP contribution < -0.4 is 10.2 Å². The molecule has 0 unspecified atom stereocenters. The van der Waals surface area contributed by atoms with E-state index in [1.54, 1.807) is 6.08 Å². The van der Waals surface area contributed by atoms with Crippen LogP contribution in [-0.4, -0.2) is 19.0 Å². The van der Waals surface area contributed by atoms with Crippen molar-refractivity contribution in [1.29, 1.82) is 0 Å². The number of carbonyl (C=O) groups is 1. The van der Waals surface area contributed by atoms with Gasteiger partial charge in [-0.15, -0.1) is 0 Å². The largest absolute Gasteiger partial charge is 0.371 e. The van der Waals surface area contributed by atoms with E-state index in [1.807, 2.05) is 37.3 Å². The topological polar surface area (TPSA) is 32.3 Å². The molecular weight excluding hydrogens is 332 g/mol. The van der Waals surface area contributed by atoms with Gasteiger partial charge in [0.15, 0.2) is 0 Å². The van der Waals surface area contributed by atoms with Crippen molar-refractivity contribution in [2.45, 2.75) is 39.7 Å². The van der Waals surface area contributed by atoms with Crippen LogP contribution in [0.5, 0.6) is 0 Å². The van der Waals surface area contributed by atoms with Crippen LogP contribution in [0.25, 0.3) is 6.08 Å². The van der Waals surface area contributed by atoms with E-state index in [0.717, 1.165) is 30.1 Å². The number of rotatable bonds is 5. The van der Waals surface area contributed by atoms with Crippen LogP contribution in [0.15, 0.2) is 54.6 Å². The summed E-state index contributed by atoms with van der Waals surface area (Å²) in [5.74, 6) is 0.689. The van der Waals surface area contributed by atoms with Crippen LogP contribution >= 0.6 is 0 Å². The highest BCUT2D eigenvalue weighted by molar-refractivity contribution is 5.91. The molecule has 1 aliphatic heterocycles. The number of nitrogens with zero attached hydrogens (tertiary/aromatic N) is 1. The van der Waals surface area contributed by atoms with E-state index >= 15 is 0 Å². The van der Waals surface area contributed by atoms with Crippen molar-refractivity contribution in [2.75, 3.05) is 18.0 Å². The summed E-state index contributed by atoms with van der Waals surface area (Å²) in [6.07, 6.45) is 6.04.